The van der Waals surface area contributed by atoms with E-state index >= 15 is 0 Å². The van der Waals surface area contributed by atoms with Crippen molar-refractivity contribution in [2.24, 2.45) is 7.05 Å². The molecule has 0 aliphatic rings. The third-order valence-corrected chi connectivity index (χ3v) is 5.24. The lowest BCUT2D eigenvalue weighted by molar-refractivity contribution is -0.659. The molecule has 0 radical (unpaired) electrons. The van der Waals surface area contributed by atoms with E-state index in [9.17, 15) is 8.78 Å². The van der Waals surface area contributed by atoms with Crippen molar-refractivity contribution in [2.75, 3.05) is 0 Å². The van der Waals surface area contributed by atoms with Crippen molar-refractivity contribution in [3.8, 4) is 22.4 Å². The number of halogens is 2. The third kappa shape index (κ3) is 2.78. The lowest BCUT2D eigenvalue weighted by Crippen LogP contribution is -2.30. The van der Waals surface area contributed by atoms with Gasteiger partial charge >= 0.3 is 0 Å². The van der Waals surface area contributed by atoms with Crippen molar-refractivity contribution in [2.45, 2.75) is 6.92 Å². The molecular formula is C24H17F2N2O+. The van der Waals surface area contributed by atoms with Crippen LogP contribution in [-0.2, 0) is 7.05 Å². The van der Waals surface area contributed by atoms with Gasteiger partial charge in [0.15, 0.2) is 11.8 Å². The lowest BCUT2D eigenvalue weighted by atomic mass is 9.99. The highest BCUT2D eigenvalue weighted by atomic mass is 19.1. The van der Waals surface area contributed by atoms with E-state index < -0.39 is 11.8 Å². The molecule has 0 atom stereocenters. The van der Waals surface area contributed by atoms with Gasteiger partial charge in [0, 0.05) is 23.1 Å². The summed E-state index contributed by atoms with van der Waals surface area (Å²) in [6, 6.07) is 18.7. The molecule has 0 amide bonds. The standard InChI is InChI=1S/C24H17F2N2O/c1-14-8-10-17-22-18(25)12-20(26)27-24(22)29-23(17)21(14)19-11-9-16(13-28(19)2)15-6-4-3-5-7-15/h3-13H,1-2H3/q+1. The van der Waals surface area contributed by atoms with Crippen LogP contribution in [0.25, 0.3) is 44.5 Å². The minimum Gasteiger partial charge on any atom is -0.437 e. The summed E-state index contributed by atoms with van der Waals surface area (Å²) in [5.74, 6) is -1.57. The zero-order valence-electron chi connectivity index (χ0n) is 15.9. The van der Waals surface area contributed by atoms with Crippen molar-refractivity contribution < 1.29 is 17.8 Å². The van der Waals surface area contributed by atoms with Crippen LogP contribution >= 0.6 is 0 Å². The van der Waals surface area contributed by atoms with Crippen LogP contribution in [0.5, 0.6) is 0 Å². The first kappa shape index (κ1) is 17.5. The van der Waals surface area contributed by atoms with E-state index in [0.29, 0.717) is 11.0 Å². The number of furan rings is 1. The molecule has 3 heterocycles. The Morgan fingerprint density at radius 3 is 2.48 bits per heavy atom. The van der Waals surface area contributed by atoms with Gasteiger partial charge in [-0.05, 0) is 24.1 Å². The maximum absolute atomic E-state index is 14.4. The summed E-state index contributed by atoms with van der Waals surface area (Å²) in [6.07, 6.45) is 2.05. The number of hydrogen-bond acceptors (Lipinski definition) is 2. The van der Waals surface area contributed by atoms with E-state index in [1.54, 1.807) is 6.07 Å². The van der Waals surface area contributed by atoms with Gasteiger partial charge in [0.2, 0.25) is 17.4 Å². The maximum atomic E-state index is 14.4. The summed E-state index contributed by atoms with van der Waals surface area (Å²) in [6.45, 7) is 1.97. The number of aromatic nitrogens is 2. The fraction of sp³-hybridized carbons (Fsp3) is 0.0833. The maximum Gasteiger partial charge on any atom is 0.232 e. The second kappa shape index (κ2) is 6.48. The first-order valence-corrected chi connectivity index (χ1v) is 9.26. The van der Waals surface area contributed by atoms with Crippen LogP contribution in [-0.4, -0.2) is 4.98 Å². The lowest BCUT2D eigenvalue weighted by Gasteiger charge is -2.07. The number of aryl methyl sites for hydroxylation is 2. The van der Waals surface area contributed by atoms with E-state index in [-0.39, 0.29) is 11.1 Å². The predicted octanol–water partition coefficient (Wildman–Crippen LogP) is 5.73. The van der Waals surface area contributed by atoms with E-state index in [0.717, 1.165) is 34.0 Å². The molecular weight excluding hydrogens is 370 g/mol. The Balaban J connectivity index is 1.77. The van der Waals surface area contributed by atoms with E-state index in [2.05, 4.69) is 17.1 Å². The summed E-state index contributed by atoms with van der Waals surface area (Å²) in [4.78, 5) is 3.73. The molecule has 2 aromatic carbocycles. The topological polar surface area (TPSA) is 29.9 Å². The Labute approximate surface area is 165 Å². The van der Waals surface area contributed by atoms with Crippen molar-refractivity contribution in [3.05, 3.63) is 84.2 Å². The summed E-state index contributed by atoms with van der Waals surface area (Å²) >= 11 is 0. The zero-order chi connectivity index (χ0) is 20.1. The number of hydrogen-bond donors (Lipinski definition) is 0. The summed E-state index contributed by atoms with van der Waals surface area (Å²) in [5, 5.41) is 0.781. The minimum absolute atomic E-state index is 0.0343. The van der Waals surface area contributed by atoms with Crippen LogP contribution in [0, 0.1) is 18.7 Å². The van der Waals surface area contributed by atoms with Crippen molar-refractivity contribution in [3.63, 3.8) is 0 Å². The largest absolute Gasteiger partial charge is 0.437 e. The molecule has 0 unspecified atom stereocenters. The Hall–Kier alpha value is -3.60. The summed E-state index contributed by atoms with van der Waals surface area (Å²) < 4.78 is 35.9. The van der Waals surface area contributed by atoms with E-state index in [1.165, 1.54) is 0 Å². The smallest absolute Gasteiger partial charge is 0.232 e. The molecule has 3 aromatic heterocycles. The molecule has 0 bridgehead atoms. The molecule has 29 heavy (non-hydrogen) atoms. The van der Waals surface area contributed by atoms with Crippen molar-refractivity contribution in [1.82, 2.24) is 4.98 Å². The average Bonchev–Trinajstić information content (AvgIpc) is 3.07. The van der Waals surface area contributed by atoms with Crippen LogP contribution in [0.4, 0.5) is 8.78 Å². The molecule has 0 saturated heterocycles. The first-order chi connectivity index (χ1) is 14.0. The Morgan fingerprint density at radius 2 is 1.72 bits per heavy atom. The molecule has 3 nitrogen and oxygen atoms in total. The monoisotopic (exact) mass is 387 g/mol. The van der Waals surface area contributed by atoms with Gasteiger partial charge < -0.3 is 4.42 Å². The molecule has 0 N–H and O–H groups in total. The molecule has 5 aromatic rings. The second-order valence-electron chi connectivity index (χ2n) is 7.12. The second-order valence-corrected chi connectivity index (χ2v) is 7.12. The fourth-order valence-electron chi connectivity index (χ4n) is 3.85. The van der Waals surface area contributed by atoms with Gasteiger partial charge in [0.25, 0.3) is 0 Å². The molecule has 0 fully saturated rings. The molecule has 0 aliphatic heterocycles. The highest BCUT2D eigenvalue weighted by molar-refractivity contribution is 6.09. The molecule has 5 heteroatoms. The van der Waals surface area contributed by atoms with Crippen LogP contribution in [0.3, 0.4) is 0 Å². The predicted molar refractivity (Wildman–Crippen MR) is 108 cm³/mol. The van der Waals surface area contributed by atoms with Crippen LogP contribution in [0.2, 0.25) is 0 Å². The van der Waals surface area contributed by atoms with Gasteiger partial charge in [-0.3, -0.25) is 0 Å². The van der Waals surface area contributed by atoms with Crippen LogP contribution in [0.15, 0.2) is 71.3 Å². The zero-order valence-corrected chi connectivity index (χ0v) is 15.9. The minimum atomic E-state index is -0.898. The van der Waals surface area contributed by atoms with Gasteiger partial charge in [-0.1, -0.05) is 42.5 Å². The molecule has 0 aliphatic carbocycles. The Morgan fingerprint density at radius 1 is 0.931 bits per heavy atom. The Bertz CT molecular complexity index is 1390. The summed E-state index contributed by atoms with van der Waals surface area (Å²) in [7, 11) is 1.96. The van der Waals surface area contributed by atoms with E-state index in [4.69, 9.17) is 4.42 Å². The number of benzene rings is 2. The van der Waals surface area contributed by atoms with Crippen LogP contribution in [0.1, 0.15) is 5.56 Å². The quantitative estimate of drug-likeness (QED) is 0.286. The van der Waals surface area contributed by atoms with Crippen LogP contribution < -0.4 is 4.57 Å². The number of nitrogens with zero attached hydrogens (tertiary/aromatic N) is 2. The number of pyridine rings is 2. The molecule has 0 spiro atoms. The van der Waals surface area contributed by atoms with Gasteiger partial charge in [0.1, 0.15) is 12.9 Å². The first-order valence-electron chi connectivity index (χ1n) is 9.26. The van der Waals surface area contributed by atoms with E-state index in [1.807, 2.05) is 61.1 Å². The highest BCUT2D eigenvalue weighted by Crippen LogP contribution is 2.37. The fourth-order valence-corrected chi connectivity index (χ4v) is 3.85. The number of fused-ring (bicyclic) bond motifs is 3. The van der Waals surface area contributed by atoms with Gasteiger partial charge in [-0.2, -0.15) is 9.37 Å². The van der Waals surface area contributed by atoms with Gasteiger partial charge in [-0.25, -0.2) is 8.96 Å². The third-order valence-electron chi connectivity index (χ3n) is 5.24. The molecule has 5 rings (SSSR count). The average molecular weight is 387 g/mol. The van der Waals surface area contributed by atoms with Crippen molar-refractivity contribution >= 4 is 22.1 Å². The molecule has 142 valence electrons. The molecule has 0 saturated carbocycles. The SMILES string of the molecule is Cc1ccc2c(oc3nc(F)cc(F)c32)c1-c1ccc(-c2ccccc2)c[n+]1C. The van der Waals surface area contributed by atoms with Crippen molar-refractivity contribution in [1.29, 1.82) is 0 Å². The highest BCUT2D eigenvalue weighted by Gasteiger charge is 2.23. The summed E-state index contributed by atoms with van der Waals surface area (Å²) in [5.41, 5.74) is 5.39. The normalized spacial score (nSPS) is 11.4. The van der Waals surface area contributed by atoms with Gasteiger partial charge in [0.05, 0.1) is 10.9 Å². The number of rotatable bonds is 2. The Kier molecular flexibility index (Phi) is 3.91. The van der Waals surface area contributed by atoms with Gasteiger partial charge in [-0.15, -0.1) is 0 Å².